The smallest absolute Gasteiger partial charge is 0.253 e. The Morgan fingerprint density at radius 2 is 2.05 bits per heavy atom. The fourth-order valence-corrected chi connectivity index (χ4v) is 2.73. The first-order valence-electron chi connectivity index (χ1n) is 6.74. The van der Waals surface area contributed by atoms with Crippen LogP contribution >= 0.6 is 11.3 Å². The highest BCUT2D eigenvalue weighted by molar-refractivity contribution is 7.09. The van der Waals surface area contributed by atoms with Crippen molar-refractivity contribution in [1.82, 2.24) is 10.3 Å². The van der Waals surface area contributed by atoms with E-state index in [1.165, 1.54) is 12.3 Å². The molecule has 0 aliphatic heterocycles. The van der Waals surface area contributed by atoms with Crippen LogP contribution in [0.3, 0.4) is 0 Å². The number of benzene rings is 1. The lowest BCUT2D eigenvalue weighted by Crippen LogP contribution is -2.22. The maximum atomic E-state index is 13.8. The highest BCUT2D eigenvalue weighted by atomic mass is 32.1. The van der Waals surface area contributed by atoms with Crippen LogP contribution < -0.4 is 5.32 Å². The number of amides is 1. The molecule has 0 atom stereocenters. The summed E-state index contributed by atoms with van der Waals surface area (Å²) >= 11 is 1.58. The highest BCUT2D eigenvalue weighted by Gasteiger charge is 2.10. The molecule has 0 saturated heterocycles. The quantitative estimate of drug-likeness (QED) is 0.794. The van der Waals surface area contributed by atoms with Gasteiger partial charge in [-0.1, -0.05) is 24.3 Å². The number of hydrogen-bond donors (Lipinski definition) is 1. The molecule has 1 N–H and O–H groups in total. The minimum atomic E-state index is -0.333. The van der Waals surface area contributed by atoms with Gasteiger partial charge in [0.25, 0.3) is 5.91 Å². The molecule has 0 aliphatic rings. The molecule has 3 aromatic rings. The first-order chi connectivity index (χ1) is 10.7. The SMILES string of the molecule is O=C(NCc1cccs1)c1cncc(-c2ccccc2F)c1. The van der Waals surface area contributed by atoms with Gasteiger partial charge in [0.2, 0.25) is 0 Å². The number of hydrogen-bond acceptors (Lipinski definition) is 3. The molecule has 110 valence electrons. The van der Waals surface area contributed by atoms with Crippen molar-refractivity contribution >= 4 is 17.2 Å². The van der Waals surface area contributed by atoms with E-state index >= 15 is 0 Å². The molecule has 2 heterocycles. The molecule has 0 aliphatic carbocycles. The van der Waals surface area contributed by atoms with Gasteiger partial charge in [-0.3, -0.25) is 9.78 Å². The number of thiophene rings is 1. The zero-order valence-corrected chi connectivity index (χ0v) is 12.4. The largest absolute Gasteiger partial charge is 0.347 e. The van der Waals surface area contributed by atoms with E-state index in [-0.39, 0.29) is 11.7 Å². The van der Waals surface area contributed by atoms with Crippen LogP contribution in [0.25, 0.3) is 11.1 Å². The molecule has 0 unspecified atom stereocenters. The van der Waals surface area contributed by atoms with Crippen molar-refractivity contribution in [2.45, 2.75) is 6.54 Å². The number of pyridine rings is 1. The summed E-state index contributed by atoms with van der Waals surface area (Å²) in [6.07, 6.45) is 3.03. The van der Waals surface area contributed by atoms with Crippen LogP contribution in [0.5, 0.6) is 0 Å². The van der Waals surface area contributed by atoms with Gasteiger partial charge in [-0.15, -0.1) is 11.3 Å². The standard InChI is InChI=1S/C17H13FN2OS/c18-16-6-2-1-5-15(16)12-8-13(10-19-9-12)17(21)20-11-14-4-3-7-22-14/h1-10H,11H2,(H,20,21). The van der Waals surface area contributed by atoms with E-state index in [1.807, 2.05) is 17.5 Å². The number of rotatable bonds is 4. The lowest BCUT2D eigenvalue weighted by Gasteiger charge is -2.06. The Morgan fingerprint density at radius 1 is 1.18 bits per heavy atom. The summed E-state index contributed by atoms with van der Waals surface area (Å²) in [4.78, 5) is 17.3. The van der Waals surface area contributed by atoms with Crippen molar-refractivity contribution in [3.05, 3.63) is 76.5 Å². The number of carbonyl (C=O) groups excluding carboxylic acids is 1. The number of halogens is 1. The van der Waals surface area contributed by atoms with Crippen LogP contribution in [0.1, 0.15) is 15.2 Å². The van der Waals surface area contributed by atoms with Crippen LogP contribution in [0.2, 0.25) is 0 Å². The first-order valence-corrected chi connectivity index (χ1v) is 7.62. The zero-order valence-electron chi connectivity index (χ0n) is 11.6. The lowest BCUT2D eigenvalue weighted by atomic mass is 10.1. The van der Waals surface area contributed by atoms with Crippen molar-refractivity contribution in [3.8, 4) is 11.1 Å². The van der Waals surface area contributed by atoms with Crippen molar-refractivity contribution in [1.29, 1.82) is 0 Å². The molecule has 2 aromatic heterocycles. The normalized spacial score (nSPS) is 10.4. The minimum absolute atomic E-state index is 0.223. The van der Waals surface area contributed by atoms with Crippen LogP contribution in [-0.2, 0) is 6.54 Å². The fraction of sp³-hybridized carbons (Fsp3) is 0.0588. The number of nitrogens with zero attached hydrogens (tertiary/aromatic N) is 1. The molecule has 0 spiro atoms. The van der Waals surface area contributed by atoms with E-state index in [1.54, 1.807) is 41.8 Å². The van der Waals surface area contributed by atoms with Gasteiger partial charge in [-0.2, -0.15) is 0 Å². The van der Waals surface area contributed by atoms with Crippen molar-refractivity contribution in [3.63, 3.8) is 0 Å². The molecular weight excluding hydrogens is 299 g/mol. The monoisotopic (exact) mass is 312 g/mol. The second kappa shape index (κ2) is 6.49. The van der Waals surface area contributed by atoms with E-state index in [0.29, 0.717) is 23.2 Å². The summed E-state index contributed by atoms with van der Waals surface area (Å²) in [5, 5.41) is 4.79. The third-order valence-corrected chi connectivity index (χ3v) is 4.06. The van der Waals surface area contributed by atoms with Gasteiger partial charge in [0, 0.05) is 28.4 Å². The van der Waals surface area contributed by atoms with Gasteiger partial charge in [-0.05, 0) is 23.6 Å². The average molecular weight is 312 g/mol. The number of carbonyl (C=O) groups is 1. The summed E-state index contributed by atoms with van der Waals surface area (Å²) in [6, 6.07) is 12.0. The van der Waals surface area contributed by atoms with Crippen LogP contribution in [0.15, 0.2) is 60.2 Å². The lowest BCUT2D eigenvalue weighted by molar-refractivity contribution is 0.0951. The van der Waals surface area contributed by atoms with E-state index in [9.17, 15) is 9.18 Å². The minimum Gasteiger partial charge on any atom is -0.347 e. The third kappa shape index (κ3) is 3.20. The predicted molar refractivity (Wildman–Crippen MR) is 85.1 cm³/mol. The van der Waals surface area contributed by atoms with Crippen LogP contribution in [0.4, 0.5) is 4.39 Å². The summed E-state index contributed by atoms with van der Waals surface area (Å²) in [7, 11) is 0. The molecule has 0 saturated carbocycles. The van der Waals surface area contributed by atoms with Crippen molar-refractivity contribution in [2.75, 3.05) is 0 Å². The predicted octanol–water partition coefficient (Wildman–Crippen LogP) is 3.88. The maximum Gasteiger partial charge on any atom is 0.253 e. The van der Waals surface area contributed by atoms with Gasteiger partial charge in [0.05, 0.1) is 12.1 Å². The molecule has 3 rings (SSSR count). The third-order valence-electron chi connectivity index (χ3n) is 3.19. The summed E-state index contributed by atoms with van der Waals surface area (Å²) < 4.78 is 13.8. The van der Waals surface area contributed by atoms with Crippen molar-refractivity contribution in [2.24, 2.45) is 0 Å². The number of nitrogens with one attached hydrogen (secondary N) is 1. The highest BCUT2D eigenvalue weighted by Crippen LogP contribution is 2.22. The Morgan fingerprint density at radius 3 is 2.82 bits per heavy atom. The molecule has 1 aromatic carbocycles. The average Bonchev–Trinajstić information content (AvgIpc) is 3.06. The molecule has 0 bridgehead atoms. The molecule has 3 nitrogen and oxygen atoms in total. The fourth-order valence-electron chi connectivity index (χ4n) is 2.09. The Hall–Kier alpha value is -2.53. The first kappa shape index (κ1) is 14.4. The maximum absolute atomic E-state index is 13.8. The Bertz CT molecular complexity index is 787. The van der Waals surface area contributed by atoms with E-state index in [4.69, 9.17) is 0 Å². The van der Waals surface area contributed by atoms with E-state index in [0.717, 1.165) is 4.88 Å². The van der Waals surface area contributed by atoms with Crippen LogP contribution in [-0.4, -0.2) is 10.9 Å². The molecule has 0 radical (unpaired) electrons. The van der Waals surface area contributed by atoms with Gasteiger partial charge in [0.15, 0.2) is 0 Å². The Kier molecular flexibility index (Phi) is 4.25. The summed E-state index contributed by atoms with van der Waals surface area (Å²) in [5.74, 6) is -0.556. The summed E-state index contributed by atoms with van der Waals surface area (Å²) in [6.45, 7) is 0.473. The Balaban J connectivity index is 1.79. The topological polar surface area (TPSA) is 42.0 Å². The summed E-state index contributed by atoms with van der Waals surface area (Å²) in [5.41, 5.74) is 1.43. The zero-order chi connectivity index (χ0) is 15.4. The second-order valence-corrected chi connectivity index (χ2v) is 5.74. The molecule has 5 heteroatoms. The van der Waals surface area contributed by atoms with Gasteiger partial charge >= 0.3 is 0 Å². The van der Waals surface area contributed by atoms with E-state index in [2.05, 4.69) is 10.3 Å². The Labute approximate surface area is 131 Å². The van der Waals surface area contributed by atoms with Crippen LogP contribution in [0, 0.1) is 5.82 Å². The molecule has 0 fully saturated rings. The second-order valence-electron chi connectivity index (χ2n) is 4.70. The number of aromatic nitrogens is 1. The molecular formula is C17H13FN2OS. The van der Waals surface area contributed by atoms with Crippen molar-refractivity contribution < 1.29 is 9.18 Å². The molecule has 22 heavy (non-hydrogen) atoms. The van der Waals surface area contributed by atoms with Gasteiger partial charge < -0.3 is 5.32 Å². The van der Waals surface area contributed by atoms with Gasteiger partial charge in [0.1, 0.15) is 5.82 Å². The molecule has 1 amide bonds. The van der Waals surface area contributed by atoms with Gasteiger partial charge in [-0.25, -0.2) is 4.39 Å². The van der Waals surface area contributed by atoms with E-state index < -0.39 is 0 Å².